The minimum Gasteiger partial charge on any atom is -0.343 e. The molecule has 6 nitrogen and oxygen atoms in total. The molecule has 0 radical (unpaired) electrons. The summed E-state index contributed by atoms with van der Waals surface area (Å²) in [5.41, 5.74) is 2.86. The lowest BCUT2D eigenvalue weighted by molar-refractivity contribution is -0.129. The van der Waals surface area contributed by atoms with Crippen molar-refractivity contribution in [2.45, 2.75) is 25.8 Å². The highest BCUT2D eigenvalue weighted by Crippen LogP contribution is 2.25. The molecule has 3 aromatic rings. The van der Waals surface area contributed by atoms with Gasteiger partial charge in [0.2, 0.25) is 5.91 Å². The fourth-order valence-corrected chi connectivity index (χ4v) is 4.67. The second-order valence-electron chi connectivity index (χ2n) is 8.61. The predicted octanol–water partition coefficient (Wildman–Crippen LogP) is 3.96. The molecule has 1 fully saturated rings. The van der Waals surface area contributed by atoms with E-state index in [1.165, 1.54) is 0 Å². The second kappa shape index (κ2) is 8.65. The molecule has 7 heteroatoms. The fraction of sp³-hybridized carbons (Fsp3) is 0.269. The molecule has 1 saturated heterocycles. The van der Waals surface area contributed by atoms with E-state index in [9.17, 15) is 18.8 Å². The number of halogens is 1. The van der Waals surface area contributed by atoms with Crippen LogP contribution in [0.4, 0.5) is 4.39 Å². The Labute approximate surface area is 190 Å². The van der Waals surface area contributed by atoms with Gasteiger partial charge in [0.25, 0.3) is 11.8 Å². The first-order chi connectivity index (χ1) is 16.0. The smallest absolute Gasteiger partial charge is 0.261 e. The Balaban J connectivity index is 1.30. The van der Waals surface area contributed by atoms with Gasteiger partial charge in [-0.1, -0.05) is 18.2 Å². The molecular formula is C26H24FN3O3. The van der Waals surface area contributed by atoms with Gasteiger partial charge in [0.05, 0.1) is 30.4 Å². The molecule has 168 valence electrons. The summed E-state index contributed by atoms with van der Waals surface area (Å²) in [5, 5.41) is 0.959. The standard InChI is InChI=1S/C26H24FN3O3/c27-15-19(17-30-25(32)21-5-1-2-6-22(21)26(30)33)16-29-12-9-20-13-18(7-8-23(20)29)14-24(31)28-10-3-4-11-28/h1-2,5-9,12-13,15H,3-4,10-11,14,16-17H2/b19-15-. The summed E-state index contributed by atoms with van der Waals surface area (Å²) in [6, 6.07) is 14.4. The third kappa shape index (κ3) is 3.95. The van der Waals surface area contributed by atoms with Gasteiger partial charge in [-0.3, -0.25) is 19.3 Å². The summed E-state index contributed by atoms with van der Waals surface area (Å²) in [6.45, 7) is 1.77. The van der Waals surface area contributed by atoms with Crippen molar-refractivity contribution in [3.05, 3.63) is 83.3 Å². The second-order valence-corrected chi connectivity index (χ2v) is 8.61. The highest BCUT2D eigenvalue weighted by molar-refractivity contribution is 6.21. The van der Waals surface area contributed by atoms with E-state index >= 15 is 0 Å². The Morgan fingerprint density at radius 3 is 2.30 bits per heavy atom. The molecule has 3 amide bonds. The number of hydrogen-bond donors (Lipinski definition) is 0. The molecule has 0 spiro atoms. The first-order valence-corrected chi connectivity index (χ1v) is 11.1. The summed E-state index contributed by atoms with van der Waals surface area (Å²) in [4.78, 5) is 40.7. The van der Waals surface area contributed by atoms with Crippen LogP contribution < -0.4 is 0 Å². The molecule has 1 aromatic heterocycles. The SMILES string of the molecule is O=C(Cc1ccc2c(ccn2C/C(=C/F)CN2C(=O)c3ccccc3C2=O)c1)N1CCCC1. The van der Waals surface area contributed by atoms with Crippen LogP contribution in [-0.4, -0.2) is 51.7 Å². The quantitative estimate of drug-likeness (QED) is 0.540. The Hall–Kier alpha value is -3.74. The van der Waals surface area contributed by atoms with E-state index in [1.54, 1.807) is 24.3 Å². The van der Waals surface area contributed by atoms with Gasteiger partial charge in [0.15, 0.2) is 0 Å². The van der Waals surface area contributed by atoms with Crippen molar-refractivity contribution in [3.8, 4) is 0 Å². The molecule has 3 heterocycles. The third-order valence-electron chi connectivity index (χ3n) is 6.42. The maximum Gasteiger partial charge on any atom is 0.261 e. The number of benzene rings is 2. The zero-order valence-corrected chi connectivity index (χ0v) is 18.2. The van der Waals surface area contributed by atoms with Crippen LogP contribution >= 0.6 is 0 Å². The van der Waals surface area contributed by atoms with Crippen molar-refractivity contribution in [2.75, 3.05) is 19.6 Å². The number of fused-ring (bicyclic) bond motifs is 2. The minimum absolute atomic E-state index is 0.106. The van der Waals surface area contributed by atoms with E-state index in [4.69, 9.17) is 0 Å². The summed E-state index contributed by atoms with van der Waals surface area (Å²) < 4.78 is 15.7. The largest absolute Gasteiger partial charge is 0.343 e. The normalized spacial score (nSPS) is 16.2. The average molecular weight is 445 g/mol. The molecule has 33 heavy (non-hydrogen) atoms. The van der Waals surface area contributed by atoms with Crippen molar-refractivity contribution < 1.29 is 18.8 Å². The van der Waals surface area contributed by atoms with Crippen LogP contribution in [0.3, 0.4) is 0 Å². The zero-order chi connectivity index (χ0) is 22.9. The van der Waals surface area contributed by atoms with Gasteiger partial charge in [-0.2, -0.15) is 0 Å². The molecular weight excluding hydrogens is 421 g/mol. The van der Waals surface area contributed by atoms with E-state index in [1.807, 2.05) is 39.9 Å². The van der Waals surface area contributed by atoms with Crippen LogP contribution in [0.5, 0.6) is 0 Å². The molecule has 0 saturated carbocycles. The Morgan fingerprint density at radius 2 is 1.64 bits per heavy atom. The van der Waals surface area contributed by atoms with E-state index in [2.05, 4.69) is 0 Å². The number of likely N-dealkylation sites (tertiary alicyclic amines) is 1. The number of amides is 3. The van der Waals surface area contributed by atoms with Crippen molar-refractivity contribution >= 4 is 28.6 Å². The zero-order valence-electron chi connectivity index (χ0n) is 18.2. The van der Waals surface area contributed by atoms with Gasteiger partial charge >= 0.3 is 0 Å². The fourth-order valence-electron chi connectivity index (χ4n) is 4.67. The number of rotatable bonds is 6. The van der Waals surface area contributed by atoms with Crippen molar-refractivity contribution in [3.63, 3.8) is 0 Å². The highest BCUT2D eigenvalue weighted by atomic mass is 19.1. The monoisotopic (exact) mass is 445 g/mol. The van der Waals surface area contributed by atoms with Gasteiger partial charge in [-0.15, -0.1) is 0 Å². The van der Waals surface area contributed by atoms with E-state index < -0.39 is 11.8 Å². The van der Waals surface area contributed by atoms with Gasteiger partial charge < -0.3 is 9.47 Å². The van der Waals surface area contributed by atoms with Crippen LogP contribution in [0.2, 0.25) is 0 Å². The number of nitrogens with zero attached hydrogens (tertiary/aromatic N) is 3. The van der Waals surface area contributed by atoms with Crippen LogP contribution in [0.25, 0.3) is 10.9 Å². The lowest BCUT2D eigenvalue weighted by Crippen LogP contribution is -2.32. The van der Waals surface area contributed by atoms with Gasteiger partial charge in [-0.25, -0.2) is 4.39 Å². The van der Waals surface area contributed by atoms with Crippen LogP contribution in [-0.2, 0) is 17.8 Å². The number of aromatic nitrogens is 1. The molecule has 5 rings (SSSR count). The van der Waals surface area contributed by atoms with E-state index in [0.29, 0.717) is 29.5 Å². The minimum atomic E-state index is -0.403. The van der Waals surface area contributed by atoms with E-state index in [0.717, 1.165) is 47.3 Å². The van der Waals surface area contributed by atoms with Gasteiger partial charge in [-0.05, 0) is 59.7 Å². The number of hydrogen-bond acceptors (Lipinski definition) is 3. The Kier molecular flexibility index (Phi) is 5.54. The molecule has 0 atom stereocenters. The van der Waals surface area contributed by atoms with Crippen LogP contribution in [0, 0.1) is 0 Å². The average Bonchev–Trinajstić information content (AvgIpc) is 3.55. The third-order valence-corrected chi connectivity index (χ3v) is 6.42. The Bertz CT molecular complexity index is 1250. The molecule has 0 N–H and O–H groups in total. The first-order valence-electron chi connectivity index (χ1n) is 11.1. The van der Waals surface area contributed by atoms with Crippen molar-refractivity contribution in [1.29, 1.82) is 0 Å². The summed E-state index contributed by atoms with van der Waals surface area (Å²) in [6.07, 6.45) is 4.83. The molecule has 2 aliphatic rings. The van der Waals surface area contributed by atoms with Gasteiger partial charge in [0.1, 0.15) is 0 Å². The summed E-state index contributed by atoms with van der Waals surface area (Å²) >= 11 is 0. The van der Waals surface area contributed by atoms with Crippen molar-refractivity contribution in [2.24, 2.45) is 0 Å². The predicted molar refractivity (Wildman–Crippen MR) is 122 cm³/mol. The number of carbonyl (C=O) groups excluding carboxylic acids is 3. The maximum absolute atomic E-state index is 13.8. The summed E-state index contributed by atoms with van der Waals surface area (Å²) in [5.74, 6) is -0.658. The van der Waals surface area contributed by atoms with Crippen molar-refractivity contribution in [1.82, 2.24) is 14.4 Å². The Morgan fingerprint density at radius 1 is 0.939 bits per heavy atom. The van der Waals surface area contributed by atoms with E-state index in [-0.39, 0.29) is 19.0 Å². The van der Waals surface area contributed by atoms with Crippen LogP contribution in [0.1, 0.15) is 39.1 Å². The number of carbonyl (C=O) groups is 3. The first kappa shape index (κ1) is 21.1. The lowest BCUT2D eigenvalue weighted by atomic mass is 10.1. The number of imide groups is 1. The maximum atomic E-state index is 13.8. The van der Waals surface area contributed by atoms with Crippen LogP contribution in [0.15, 0.2) is 66.6 Å². The van der Waals surface area contributed by atoms with Gasteiger partial charge in [0, 0.05) is 31.3 Å². The molecule has 0 aliphatic carbocycles. The molecule has 2 aliphatic heterocycles. The lowest BCUT2D eigenvalue weighted by Gasteiger charge is -2.17. The summed E-state index contributed by atoms with van der Waals surface area (Å²) in [7, 11) is 0. The molecule has 0 unspecified atom stereocenters. The molecule has 2 aromatic carbocycles. The molecule has 0 bridgehead atoms. The highest BCUT2D eigenvalue weighted by Gasteiger charge is 2.35. The topological polar surface area (TPSA) is 62.6 Å².